The van der Waals surface area contributed by atoms with Gasteiger partial charge in [0.1, 0.15) is 22.8 Å². The Morgan fingerprint density at radius 3 is 2.05 bits per heavy atom. The number of aromatic hydroxyl groups is 2. The number of ketones is 2. The zero-order valence-electron chi connectivity index (χ0n) is 13.3. The van der Waals surface area contributed by atoms with E-state index in [2.05, 4.69) is 6.92 Å². The molecule has 0 saturated carbocycles. The standard InChI is InChI=1S/C18H26O4/c1-2-3-4-5-6-7-8-10-14(19)13-17(22)18-15(20)11-9-12-16(18)21/h9,11-12,20-21H,2-8,10,13H2,1H3. The van der Waals surface area contributed by atoms with Crippen LogP contribution in [0, 0.1) is 0 Å². The molecule has 0 fully saturated rings. The summed E-state index contributed by atoms with van der Waals surface area (Å²) in [5.41, 5.74) is -0.157. The van der Waals surface area contributed by atoms with Crippen LogP contribution in [-0.4, -0.2) is 21.8 Å². The van der Waals surface area contributed by atoms with Crippen LogP contribution in [0.1, 0.15) is 75.1 Å². The molecule has 0 saturated heterocycles. The summed E-state index contributed by atoms with van der Waals surface area (Å²) in [6.45, 7) is 2.18. The minimum Gasteiger partial charge on any atom is -0.507 e. The van der Waals surface area contributed by atoms with Crippen LogP contribution in [0.4, 0.5) is 0 Å². The van der Waals surface area contributed by atoms with Crippen LogP contribution in [0.3, 0.4) is 0 Å². The van der Waals surface area contributed by atoms with Crippen LogP contribution >= 0.6 is 0 Å². The number of rotatable bonds is 11. The summed E-state index contributed by atoms with van der Waals surface area (Å²) in [5, 5.41) is 19.2. The lowest BCUT2D eigenvalue weighted by Gasteiger charge is -2.06. The number of unbranched alkanes of at least 4 members (excludes halogenated alkanes) is 6. The summed E-state index contributed by atoms with van der Waals surface area (Å²) >= 11 is 0. The van der Waals surface area contributed by atoms with Crippen LogP contribution < -0.4 is 0 Å². The second-order valence-corrected chi connectivity index (χ2v) is 5.68. The zero-order chi connectivity index (χ0) is 16.4. The highest BCUT2D eigenvalue weighted by atomic mass is 16.3. The van der Waals surface area contributed by atoms with Crippen LogP contribution in [-0.2, 0) is 4.79 Å². The first-order valence-electron chi connectivity index (χ1n) is 8.12. The Morgan fingerprint density at radius 2 is 1.45 bits per heavy atom. The highest BCUT2D eigenvalue weighted by Crippen LogP contribution is 2.27. The largest absolute Gasteiger partial charge is 0.507 e. The third kappa shape index (κ3) is 6.29. The number of carbonyl (C=O) groups excluding carboxylic acids is 2. The van der Waals surface area contributed by atoms with Crippen molar-refractivity contribution in [3.8, 4) is 11.5 Å². The van der Waals surface area contributed by atoms with Gasteiger partial charge in [0.05, 0.1) is 6.42 Å². The van der Waals surface area contributed by atoms with Gasteiger partial charge in [0.25, 0.3) is 0 Å². The van der Waals surface area contributed by atoms with Crippen LogP contribution in [0.5, 0.6) is 11.5 Å². The summed E-state index contributed by atoms with van der Waals surface area (Å²) in [6, 6.07) is 4.10. The van der Waals surface area contributed by atoms with Gasteiger partial charge in [-0.15, -0.1) is 0 Å². The summed E-state index contributed by atoms with van der Waals surface area (Å²) in [7, 11) is 0. The summed E-state index contributed by atoms with van der Waals surface area (Å²) in [4.78, 5) is 23.8. The van der Waals surface area contributed by atoms with E-state index in [9.17, 15) is 19.8 Å². The SMILES string of the molecule is CCCCCCCCCC(=O)CC(=O)c1c(O)cccc1O. The van der Waals surface area contributed by atoms with Gasteiger partial charge in [-0.25, -0.2) is 0 Å². The summed E-state index contributed by atoms with van der Waals surface area (Å²) < 4.78 is 0. The first kappa shape index (κ1) is 18.2. The van der Waals surface area contributed by atoms with Crippen LogP contribution in [0.15, 0.2) is 18.2 Å². The smallest absolute Gasteiger partial charge is 0.177 e. The third-order valence-electron chi connectivity index (χ3n) is 3.72. The van der Waals surface area contributed by atoms with Gasteiger partial charge in [-0.05, 0) is 18.6 Å². The van der Waals surface area contributed by atoms with Gasteiger partial charge in [-0.3, -0.25) is 9.59 Å². The number of phenolic OH excluding ortho intramolecular Hbond substituents is 2. The topological polar surface area (TPSA) is 74.6 Å². The second-order valence-electron chi connectivity index (χ2n) is 5.68. The van der Waals surface area contributed by atoms with Gasteiger partial charge in [-0.2, -0.15) is 0 Å². The second kappa shape index (κ2) is 9.98. The van der Waals surface area contributed by atoms with E-state index < -0.39 is 5.78 Å². The van der Waals surface area contributed by atoms with Crippen molar-refractivity contribution in [2.75, 3.05) is 0 Å². The van der Waals surface area contributed by atoms with Gasteiger partial charge >= 0.3 is 0 Å². The van der Waals surface area contributed by atoms with E-state index in [1.807, 2.05) is 0 Å². The molecule has 0 unspecified atom stereocenters. The van der Waals surface area contributed by atoms with Crippen molar-refractivity contribution in [2.24, 2.45) is 0 Å². The molecule has 0 aliphatic heterocycles. The first-order chi connectivity index (χ1) is 10.6. The minimum absolute atomic E-state index is 0.138. The van der Waals surface area contributed by atoms with E-state index in [4.69, 9.17) is 0 Å². The predicted octanol–water partition coefficient (Wildman–Crippen LogP) is 4.38. The maximum atomic E-state index is 12.0. The van der Waals surface area contributed by atoms with E-state index >= 15 is 0 Å². The molecule has 0 bridgehead atoms. The van der Waals surface area contributed by atoms with E-state index in [-0.39, 0.29) is 29.3 Å². The quantitative estimate of drug-likeness (QED) is 0.361. The molecule has 22 heavy (non-hydrogen) atoms. The Labute approximate surface area is 132 Å². The maximum Gasteiger partial charge on any atom is 0.177 e. The minimum atomic E-state index is -0.524. The normalized spacial score (nSPS) is 10.6. The monoisotopic (exact) mass is 306 g/mol. The summed E-state index contributed by atoms with van der Waals surface area (Å²) in [5.74, 6) is -1.23. The van der Waals surface area contributed by atoms with Crippen molar-refractivity contribution in [3.63, 3.8) is 0 Å². The Balaban J connectivity index is 2.29. The first-order valence-corrected chi connectivity index (χ1v) is 8.12. The molecular formula is C18H26O4. The van der Waals surface area contributed by atoms with E-state index in [0.29, 0.717) is 6.42 Å². The highest BCUT2D eigenvalue weighted by molar-refractivity contribution is 6.10. The fourth-order valence-corrected chi connectivity index (χ4v) is 2.45. The van der Waals surface area contributed by atoms with Gasteiger partial charge in [0, 0.05) is 6.42 Å². The Hall–Kier alpha value is -1.84. The van der Waals surface area contributed by atoms with Gasteiger partial charge in [-0.1, -0.05) is 51.5 Å². The van der Waals surface area contributed by atoms with Gasteiger partial charge < -0.3 is 10.2 Å². The molecule has 1 aromatic carbocycles. The Morgan fingerprint density at radius 1 is 0.909 bits per heavy atom. The molecule has 0 heterocycles. The lowest BCUT2D eigenvalue weighted by molar-refractivity contribution is -0.118. The van der Waals surface area contributed by atoms with Crippen molar-refractivity contribution in [2.45, 2.75) is 64.7 Å². The molecule has 0 aromatic heterocycles. The third-order valence-corrected chi connectivity index (χ3v) is 3.72. The fourth-order valence-electron chi connectivity index (χ4n) is 2.45. The highest BCUT2D eigenvalue weighted by Gasteiger charge is 2.18. The molecular weight excluding hydrogens is 280 g/mol. The molecule has 0 atom stereocenters. The zero-order valence-corrected chi connectivity index (χ0v) is 13.3. The molecule has 1 rings (SSSR count). The number of phenols is 2. The van der Waals surface area contributed by atoms with Gasteiger partial charge in [0.2, 0.25) is 0 Å². The predicted molar refractivity (Wildman–Crippen MR) is 86.3 cm³/mol. The van der Waals surface area contributed by atoms with Crippen molar-refractivity contribution in [1.29, 1.82) is 0 Å². The number of carbonyl (C=O) groups is 2. The molecule has 122 valence electrons. The summed E-state index contributed by atoms with van der Waals surface area (Å²) in [6.07, 6.45) is 7.98. The van der Waals surface area contributed by atoms with Gasteiger partial charge in [0.15, 0.2) is 5.78 Å². The molecule has 0 aliphatic carbocycles. The number of benzene rings is 1. The van der Waals surface area contributed by atoms with E-state index in [1.54, 1.807) is 0 Å². The Bertz CT molecular complexity index is 474. The molecule has 0 spiro atoms. The molecule has 0 amide bonds. The fraction of sp³-hybridized carbons (Fsp3) is 0.556. The average Bonchev–Trinajstić information content (AvgIpc) is 2.46. The van der Waals surface area contributed by atoms with Crippen molar-refractivity contribution < 1.29 is 19.8 Å². The molecule has 0 radical (unpaired) electrons. The Kier molecular flexibility index (Phi) is 8.26. The van der Waals surface area contributed by atoms with E-state index in [1.165, 1.54) is 43.9 Å². The van der Waals surface area contributed by atoms with Crippen molar-refractivity contribution in [3.05, 3.63) is 23.8 Å². The molecule has 2 N–H and O–H groups in total. The average molecular weight is 306 g/mol. The lowest BCUT2D eigenvalue weighted by atomic mass is 10.0. The van der Waals surface area contributed by atoms with E-state index in [0.717, 1.165) is 19.3 Å². The van der Waals surface area contributed by atoms with Crippen LogP contribution in [0.2, 0.25) is 0 Å². The number of Topliss-reactive ketones (excluding diaryl/α,β-unsaturated/α-hetero) is 2. The lowest BCUT2D eigenvalue weighted by Crippen LogP contribution is -2.08. The molecule has 0 aliphatic rings. The van der Waals surface area contributed by atoms with Crippen molar-refractivity contribution >= 4 is 11.6 Å². The van der Waals surface area contributed by atoms with Crippen molar-refractivity contribution in [1.82, 2.24) is 0 Å². The van der Waals surface area contributed by atoms with Crippen LogP contribution in [0.25, 0.3) is 0 Å². The molecule has 4 heteroatoms. The molecule has 4 nitrogen and oxygen atoms in total. The number of hydrogen-bond acceptors (Lipinski definition) is 4. The maximum absolute atomic E-state index is 12.0. The molecule has 1 aromatic rings. The number of hydrogen-bond donors (Lipinski definition) is 2.